The van der Waals surface area contributed by atoms with E-state index in [9.17, 15) is 10.1 Å². The molecule has 140 valence electrons. The highest BCUT2D eigenvalue weighted by molar-refractivity contribution is 5.67. The third kappa shape index (κ3) is 4.59. The second-order valence-electron chi connectivity index (χ2n) is 5.73. The minimum absolute atomic E-state index is 0.0259. The number of anilines is 3. The fourth-order valence-corrected chi connectivity index (χ4v) is 2.66. The summed E-state index contributed by atoms with van der Waals surface area (Å²) >= 11 is 0. The molecule has 0 bridgehead atoms. The van der Waals surface area contributed by atoms with Crippen LogP contribution >= 0.6 is 0 Å². The molecule has 26 heavy (non-hydrogen) atoms. The molecule has 0 aliphatic heterocycles. The summed E-state index contributed by atoms with van der Waals surface area (Å²) in [5, 5.41) is 14.1. The van der Waals surface area contributed by atoms with Gasteiger partial charge in [-0.05, 0) is 26.3 Å². The van der Waals surface area contributed by atoms with E-state index in [4.69, 9.17) is 4.74 Å². The van der Waals surface area contributed by atoms with Gasteiger partial charge in [0.25, 0.3) is 5.69 Å². The molecule has 0 aliphatic carbocycles. The zero-order chi connectivity index (χ0) is 19.1. The molecule has 1 aromatic carbocycles. The summed E-state index contributed by atoms with van der Waals surface area (Å²) in [7, 11) is 1.52. The lowest BCUT2D eigenvalue weighted by Crippen LogP contribution is -2.23. The van der Waals surface area contributed by atoms with Crippen molar-refractivity contribution in [3.63, 3.8) is 0 Å². The van der Waals surface area contributed by atoms with Crippen LogP contribution in [0.2, 0.25) is 0 Å². The Balaban J connectivity index is 2.44. The highest BCUT2D eigenvalue weighted by Crippen LogP contribution is 2.31. The maximum atomic E-state index is 11.1. The molecule has 1 N–H and O–H groups in total. The van der Waals surface area contributed by atoms with Crippen LogP contribution in [0.1, 0.15) is 32.9 Å². The molecular weight excluding hydrogens is 334 g/mol. The van der Waals surface area contributed by atoms with Gasteiger partial charge in [0, 0.05) is 37.0 Å². The van der Waals surface area contributed by atoms with E-state index in [2.05, 4.69) is 41.0 Å². The van der Waals surface area contributed by atoms with Gasteiger partial charge in [-0.15, -0.1) is 0 Å². The number of aromatic nitrogens is 2. The second kappa shape index (κ2) is 8.98. The summed E-state index contributed by atoms with van der Waals surface area (Å²) in [5.41, 5.74) is 1.36. The molecule has 0 saturated carbocycles. The largest absolute Gasteiger partial charge is 0.495 e. The van der Waals surface area contributed by atoms with Gasteiger partial charge in [-0.3, -0.25) is 10.1 Å². The number of benzene rings is 1. The number of nitrogens with zero attached hydrogens (tertiary/aromatic N) is 4. The zero-order valence-corrected chi connectivity index (χ0v) is 15.7. The van der Waals surface area contributed by atoms with E-state index >= 15 is 0 Å². The van der Waals surface area contributed by atoms with Gasteiger partial charge >= 0.3 is 0 Å². The van der Waals surface area contributed by atoms with Gasteiger partial charge in [0.15, 0.2) is 0 Å². The van der Waals surface area contributed by atoms with Crippen molar-refractivity contribution in [1.29, 1.82) is 0 Å². The highest BCUT2D eigenvalue weighted by atomic mass is 16.6. The van der Waals surface area contributed by atoms with Crippen LogP contribution in [0.15, 0.2) is 24.3 Å². The fraction of sp³-hybridized carbons (Fsp3) is 0.444. The smallest absolute Gasteiger partial charge is 0.271 e. The summed E-state index contributed by atoms with van der Waals surface area (Å²) < 4.78 is 5.30. The summed E-state index contributed by atoms with van der Waals surface area (Å²) in [6.45, 7) is 7.90. The first-order chi connectivity index (χ1) is 12.5. The van der Waals surface area contributed by atoms with E-state index in [1.54, 1.807) is 6.07 Å². The lowest BCUT2D eigenvalue weighted by Gasteiger charge is -2.21. The van der Waals surface area contributed by atoms with Crippen LogP contribution in [0.5, 0.6) is 5.75 Å². The number of nitro benzene ring substituents is 1. The summed E-state index contributed by atoms with van der Waals surface area (Å²) in [4.78, 5) is 21.9. The predicted molar refractivity (Wildman–Crippen MR) is 103 cm³/mol. The molecule has 0 unspecified atom stereocenters. The average molecular weight is 359 g/mol. The molecule has 8 nitrogen and oxygen atoms in total. The first-order valence-electron chi connectivity index (χ1n) is 8.74. The molecule has 2 aromatic rings. The van der Waals surface area contributed by atoms with Crippen LogP contribution in [0.25, 0.3) is 0 Å². The lowest BCUT2D eigenvalue weighted by molar-refractivity contribution is -0.384. The van der Waals surface area contributed by atoms with Crippen LogP contribution in [0.4, 0.5) is 23.1 Å². The molecule has 0 fully saturated rings. The van der Waals surface area contributed by atoms with Gasteiger partial charge in [-0.2, -0.15) is 4.98 Å². The summed E-state index contributed by atoms with van der Waals surface area (Å²) in [6.07, 6.45) is 1.80. The molecule has 2 rings (SSSR count). The highest BCUT2D eigenvalue weighted by Gasteiger charge is 2.14. The Bertz CT molecular complexity index is 762. The van der Waals surface area contributed by atoms with E-state index in [0.717, 1.165) is 37.4 Å². The van der Waals surface area contributed by atoms with Crippen molar-refractivity contribution in [3.05, 3.63) is 40.1 Å². The molecule has 1 aromatic heterocycles. The molecular formula is C18H25N5O3. The Morgan fingerprint density at radius 2 is 1.92 bits per heavy atom. The first kappa shape index (κ1) is 19.4. The van der Waals surface area contributed by atoms with Gasteiger partial charge in [0.2, 0.25) is 5.95 Å². The van der Waals surface area contributed by atoms with Crippen molar-refractivity contribution in [1.82, 2.24) is 9.97 Å². The van der Waals surface area contributed by atoms with Gasteiger partial charge in [0.1, 0.15) is 11.6 Å². The van der Waals surface area contributed by atoms with E-state index in [0.29, 0.717) is 17.4 Å². The Labute approximate surface area is 153 Å². The van der Waals surface area contributed by atoms with Crippen molar-refractivity contribution in [2.24, 2.45) is 0 Å². The number of hydrogen-bond acceptors (Lipinski definition) is 7. The van der Waals surface area contributed by atoms with Crippen molar-refractivity contribution in [2.45, 2.75) is 33.6 Å². The molecule has 0 radical (unpaired) electrons. The van der Waals surface area contributed by atoms with Crippen molar-refractivity contribution in [2.75, 3.05) is 30.4 Å². The normalized spacial score (nSPS) is 10.5. The Hall–Kier alpha value is -2.90. The van der Waals surface area contributed by atoms with Crippen LogP contribution in [0, 0.1) is 10.1 Å². The quantitative estimate of drug-likeness (QED) is 0.535. The molecule has 8 heteroatoms. The summed E-state index contributed by atoms with van der Waals surface area (Å²) in [6, 6.07) is 6.37. The van der Waals surface area contributed by atoms with E-state index < -0.39 is 4.92 Å². The number of ether oxygens (including phenoxy) is 1. The number of non-ortho nitro benzene ring substituents is 1. The maximum absolute atomic E-state index is 11.1. The number of rotatable bonds is 9. The van der Waals surface area contributed by atoms with Crippen LogP contribution < -0.4 is 15.0 Å². The summed E-state index contributed by atoms with van der Waals surface area (Å²) in [5.74, 6) is 1.72. The second-order valence-corrected chi connectivity index (χ2v) is 5.73. The Morgan fingerprint density at radius 3 is 2.50 bits per heavy atom. The number of hydrogen-bond donors (Lipinski definition) is 1. The van der Waals surface area contributed by atoms with Crippen LogP contribution in [0.3, 0.4) is 0 Å². The molecule has 0 atom stereocenters. The topological polar surface area (TPSA) is 93.4 Å². The monoisotopic (exact) mass is 359 g/mol. The average Bonchev–Trinajstić information content (AvgIpc) is 2.63. The van der Waals surface area contributed by atoms with E-state index in [1.807, 2.05) is 6.07 Å². The van der Waals surface area contributed by atoms with Crippen molar-refractivity contribution < 1.29 is 9.66 Å². The third-order valence-electron chi connectivity index (χ3n) is 4.00. The molecule has 0 spiro atoms. The third-order valence-corrected chi connectivity index (χ3v) is 4.00. The number of aryl methyl sites for hydroxylation is 1. The molecule has 0 saturated heterocycles. The minimum Gasteiger partial charge on any atom is -0.495 e. The number of nitrogens with one attached hydrogen (secondary N) is 1. The maximum Gasteiger partial charge on any atom is 0.271 e. The van der Waals surface area contributed by atoms with Gasteiger partial charge < -0.3 is 15.0 Å². The predicted octanol–water partition coefficient (Wildman–Crippen LogP) is 3.94. The zero-order valence-electron chi connectivity index (χ0n) is 15.7. The van der Waals surface area contributed by atoms with Crippen LogP contribution in [-0.2, 0) is 6.42 Å². The van der Waals surface area contributed by atoms with Gasteiger partial charge in [-0.25, -0.2) is 4.98 Å². The molecule has 0 aliphatic rings. The Morgan fingerprint density at radius 1 is 1.19 bits per heavy atom. The standard InChI is InChI=1S/C18H25N5O3/c1-5-8-13-11-17(22(6-2)7-3)21-18(19-13)20-15-12-14(23(24)25)9-10-16(15)26-4/h9-12H,5-8H2,1-4H3,(H,19,20,21). The lowest BCUT2D eigenvalue weighted by atomic mass is 10.2. The Kier molecular flexibility index (Phi) is 6.71. The van der Waals surface area contributed by atoms with Crippen molar-refractivity contribution >= 4 is 23.1 Å². The van der Waals surface area contributed by atoms with E-state index in [-0.39, 0.29) is 5.69 Å². The number of methoxy groups -OCH3 is 1. The fourth-order valence-electron chi connectivity index (χ4n) is 2.66. The number of nitro groups is 1. The van der Waals surface area contributed by atoms with Gasteiger partial charge in [0.05, 0.1) is 17.7 Å². The molecule has 1 heterocycles. The van der Waals surface area contributed by atoms with Crippen LogP contribution in [-0.4, -0.2) is 35.1 Å². The van der Waals surface area contributed by atoms with Gasteiger partial charge in [-0.1, -0.05) is 13.3 Å². The van der Waals surface area contributed by atoms with E-state index in [1.165, 1.54) is 19.2 Å². The SMILES string of the molecule is CCCc1cc(N(CC)CC)nc(Nc2cc([N+](=O)[O-])ccc2OC)n1. The van der Waals surface area contributed by atoms with Crippen molar-refractivity contribution in [3.8, 4) is 5.75 Å². The first-order valence-corrected chi connectivity index (χ1v) is 8.74. The molecule has 0 amide bonds. The minimum atomic E-state index is -0.444.